The number of nitrogens with zero attached hydrogens (tertiary/aromatic N) is 2. The number of hydrogen-bond acceptors (Lipinski definition) is 7. The quantitative estimate of drug-likeness (QED) is 0.379. The van der Waals surface area contributed by atoms with E-state index in [1.807, 2.05) is 30.3 Å². The molecule has 1 aliphatic rings. The molecule has 32 heavy (non-hydrogen) atoms. The highest BCUT2D eigenvalue weighted by Crippen LogP contribution is 2.29. The number of nitrogens with two attached hydrogens (primary N) is 1. The van der Waals surface area contributed by atoms with Crippen molar-refractivity contribution >= 4 is 23.2 Å². The number of amides is 2. The number of anilines is 2. The number of carbonyl (C=O) groups excluding carboxylic acids is 1. The fourth-order valence-corrected chi connectivity index (χ4v) is 3.22. The van der Waals surface area contributed by atoms with E-state index in [0.717, 1.165) is 5.56 Å². The van der Waals surface area contributed by atoms with Crippen molar-refractivity contribution in [1.82, 2.24) is 15.5 Å². The Morgan fingerprint density at radius 3 is 2.75 bits per heavy atom. The molecule has 1 atom stereocenters. The zero-order valence-electron chi connectivity index (χ0n) is 17.8. The van der Waals surface area contributed by atoms with Crippen molar-refractivity contribution in [3.05, 3.63) is 71.2 Å². The first-order chi connectivity index (χ1) is 15.5. The third-order valence-corrected chi connectivity index (χ3v) is 5.17. The van der Waals surface area contributed by atoms with Gasteiger partial charge in [0.1, 0.15) is 17.3 Å². The maximum absolute atomic E-state index is 12.6. The van der Waals surface area contributed by atoms with Crippen LogP contribution < -0.4 is 16.4 Å². The fraction of sp³-hybridized carbons (Fsp3) is 0.304. The molecule has 0 unspecified atom stereocenters. The molecule has 0 bridgehead atoms. The summed E-state index contributed by atoms with van der Waals surface area (Å²) in [6.45, 7) is 2.84. The zero-order valence-corrected chi connectivity index (χ0v) is 17.8. The Bertz CT molecular complexity index is 1090. The standard InChI is InChI=1S/C23H26N6O3/c1-14-9-19(29-32-14)22(25)17-11-26-21(10-18(17)24)28-23(30)27-20(13-31-12-15-7-8-15)16-5-3-2-4-6-16/h2-6,9-11,15,20,25H,7-8,12-13H2,1H3,(H4,24,26,27,28,30)/t20-/m1/s1. The molecule has 4 rings (SSSR count). The van der Waals surface area contributed by atoms with Crippen molar-refractivity contribution in [3.8, 4) is 0 Å². The summed E-state index contributed by atoms with van der Waals surface area (Å²) in [6, 6.07) is 12.1. The van der Waals surface area contributed by atoms with Gasteiger partial charge < -0.3 is 20.3 Å². The molecular formula is C23H26N6O3. The number of aromatic nitrogens is 2. The van der Waals surface area contributed by atoms with Crippen LogP contribution in [0.1, 0.15) is 41.5 Å². The van der Waals surface area contributed by atoms with Crippen molar-refractivity contribution in [2.75, 3.05) is 24.3 Å². The van der Waals surface area contributed by atoms with Gasteiger partial charge in [0.05, 0.1) is 18.4 Å². The predicted molar refractivity (Wildman–Crippen MR) is 121 cm³/mol. The molecule has 0 radical (unpaired) electrons. The first kappa shape index (κ1) is 21.5. The molecule has 0 saturated heterocycles. The van der Waals surface area contributed by atoms with E-state index in [1.54, 1.807) is 13.0 Å². The molecule has 1 aromatic carbocycles. The van der Waals surface area contributed by atoms with E-state index in [2.05, 4.69) is 20.8 Å². The van der Waals surface area contributed by atoms with E-state index in [0.29, 0.717) is 41.8 Å². The molecule has 9 heteroatoms. The number of pyridine rings is 1. The maximum Gasteiger partial charge on any atom is 0.320 e. The van der Waals surface area contributed by atoms with Crippen LogP contribution in [0, 0.1) is 18.3 Å². The zero-order chi connectivity index (χ0) is 22.5. The van der Waals surface area contributed by atoms with Crippen molar-refractivity contribution in [1.29, 1.82) is 5.41 Å². The molecule has 5 N–H and O–H groups in total. The highest BCUT2D eigenvalue weighted by atomic mass is 16.5. The van der Waals surface area contributed by atoms with Crippen LogP contribution in [-0.4, -0.2) is 35.1 Å². The minimum absolute atomic E-state index is 0.0970. The summed E-state index contributed by atoms with van der Waals surface area (Å²) in [6.07, 6.45) is 3.85. The lowest BCUT2D eigenvalue weighted by molar-refractivity contribution is 0.105. The van der Waals surface area contributed by atoms with Crippen LogP contribution in [0.25, 0.3) is 0 Å². The summed E-state index contributed by atoms with van der Waals surface area (Å²) in [5.74, 6) is 1.52. The summed E-state index contributed by atoms with van der Waals surface area (Å²) in [5, 5.41) is 17.7. The molecule has 1 saturated carbocycles. The molecular weight excluding hydrogens is 408 g/mol. The normalized spacial score (nSPS) is 14.0. The van der Waals surface area contributed by atoms with Crippen molar-refractivity contribution in [3.63, 3.8) is 0 Å². The van der Waals surface area contributed by atoms with Gasteiger partial charge in [0.2, 0.25) is 0 Å². The van der Waals surface area contributed by atoms with Gasteiger partial charge in [-0.25, -0.2) is 9.78 Å². The van der Waals surface area contributed by atoms with Gasteiger partial charge in [-0.3, -0.25) is 10.7 Å². The summed E-state index contributed by atoms with van der Waals surface area (Å²) in [7, 11) is 0. The Morgan fingerprint density at radius 1 is 1.31 bits per heavy atom. The van der Waals surface area contributed by atoms with Crippen LogP contribution in [0.2, 0.25) is 0 Å². The maximum atomic E-state index is 12.6. The number of hydrogen-bond donors (Lipinski definition) is 4. The largest absolute Gasteiger partial charge is 0.398 e. The average Bonchev–Trinajstić information content (AvgIpc) is 3.51. The predicted octanol–water partition coefficient (Wildman–Crippen LogP) is 3.67. The molecule has 0 spiro atoms. The number of rotatable bonds is 9. The molecule has 0 aliphatic heterocycles. The summed E-state index contributed by atoms with van der Waals surface area (Å²) < 4.78 is 10.8. The second-order valence-electron chi connectivity index (χ2n) is 7.90. The smallest absolute Gasteiger partial charge is 0.320 e. The third-order valence-electron chi connectivity index (χ3n) is 5.17. The van der Waals surface area contributed by atoms with Gasteiger partial charge in [0.25, 0.3) is 0 Å². The van der Waals surface area contributed by atoms with Gasteiger partial charge in [-0.1, -0.05) is 35.5 Å². The number of aryl methyl sites for hydroxylation is 1. The third kappa shape index (κ3) is 5.50. The van der Waals surface area contributed by atoms with Gasteiger partial charge in [-0.2, -0.15) is 0 Å². The first-order valence-electron chi connectivity index (χ1n) is 10.5. The van der Waals surface area contributed by atoms with Crippen molar-refractivity contribution < 1.29 is 14.1 Å². The van der Waals surface area contributed by atoms with E-state index < -0.39 is 6.03 Å². The second-order valence-corrected chi connectivity index (χ2v) is 7.90. The number of ether oxygens (including phenoxy) is 1. The van der Waals surface area contributed by atoms with Gasteiger partial charge >= 0.3 is 6.03 Å². The molecule has 2 amide bonds. The number of benzene rings is 1. The van der Waals surface area contributed by atoms with Crippen LogP contribution in [0.15, 0.2) is 53.2 Å². The highest BCUT2D eigenvalue weighted by Gasteiger charge is 2.23. The topological polar surface area (TPSA) is 139 Å². The molecule has 3 aromatic rings. The Morgan fingerprint density at radius 2 is 2.09 bits per heavy atom. The van der Waals surface area contributed by atoms with Crippen molar-refractivity contribution in [2.24, 2.45) is 5.92 Å². The SMILES string of the molecule is Cc1cc(C(=N)c2cnc(NC(=O)N[C@H](COCC3CC3)c3ccccc3)cc2N)no1. The van der Waals surface area contributed by atoms with E-state index in [-0.39, 0.29) is 17.6 Å². The van der Waals surface area contributed by atoms with Gasteiger partial charge in [0, 0.05) is 36.2 Å². The second kappa shape index (κ2) is 9.61. The molecule has 166 valence electrons. The Balaban J connectivity index is 1.40. The van der Waals surface area contributed by atoms with Crippen LogP contribution in [0.3, 0.4) is 0 Å². The number of carbonyl (C=O) groups is 1. The Labute approximate surface area is 185 Å². The number of urea groups is 1. The van der Waals surface area contributed by atoms with Crippen LogP contribution >= 0.6 is 0 Å². The van der Waals surface area contributed by atoms with Crippen LogP contribution in [0.5, 0.6) is 0 Å². The molecule has 9 nitrogen and oxygen atoms in total. The summed E-state index contributed by atoms with van der Waals surface area (Å²) >= 11 is 0. The van der Waals surface area contributed by atoms with Crippen molar-refractivity contribution in [2.45, 2.75) is 25.8 Å². The molecule has 2 heterocycles. The minimum Gasteiger partial charge on any atom is -0.398 e. The monoisotopic (exact) mass is 434 g/mol. The van der Waals surface area contributed by atoms with Crippen LogP contribution in [0.4, 0.5) is 16.3 Å². The summed E-state index contributed by atoms with van der Waals surface area (Å²) in [4.78, 5) is 16.9. The highest BCUT2D eigenvalue weighted by molar-refractivity contribution is 6.12. The van der Waals surface area contributed by atoms with E-state index in [9.17, 15) is 4.79 Å². The first-order valence-corrected chi connectivity index (χ1v) is 10.5. The fourth-order valence-electron chi connectivity index (χ4n) is 3.22. The lowest BCUT2D eigenvalue weighted by Crippen LogP contribution is -2.35. The van der Waals surface area contributed by atoms with Crippen LogP contribution in [-0.2, 0) is 4.74 Å². The van der Waals surface area contributed by atoms with E-state index in [4.69, 9.17) is 20.4 Å². The van der Waals surface area contributed by atoms with Gasteiger partial charge in [0.15, 0.2) is 0 Å². The average molecular weight is 435 g/mol. The molecule has 1 aliphatic carbocycles. The minimum atomic E-state index is -0.421. The Kier molecular flexibility index (Phi) is 6.46. The van der Waals surface area contributed by atoms with E-state index >= 15 is 0 Å². The lowest BCUT2D eigenvalue weighted by atomic mass is 10.1. The number of nitrogens with one attached hydrogen (secondary N) is 3. The summed E-state index contributed by atoms with van der Waals surface area (Å²) in [5.41, 5.74) is 8.23. The molecule has 2 aromatic heterocycles. The van der Waals surface area contributed by atoms with Gasteiger partial charge in [-0.05, 0) is 31.2 Å². The Hall–Kier alpha value is -3.72. The number of nitrogen functional groups attached to an aromatic ring is 1. The molecule has 1 fully saturated rings. The van der Waals surface area contributed by atoms with E-state index in [1.165, 1.54) is 25.1 Å². The lowest BCUT2D eigenvalue weighted by Gasteiger charge is -2.20. The van der Waals surface area contributed by atoms with Gasteiger partial charge in [-0.15, -0.1) is 0 Å².